The van der Waals surface area contributed by atoms with E-state index in [9.17, 15) is 13.9 Å². The maximum Gasteiger partial charge on any atom is 0.126 e. The maximum absolute atomic E-state index is 13.6. The lowest BCUT2D eigenvalue weighted by Crippen LogP contribution is -2.38. The van der Waals surface area contributed by atoms with E-state index in [1.54, 1.807) is 0 Å². The number of benzene rings is 3. The summed E-state index contributed by atoms with van der Waals surface area (Å²) in [6, 6.07) is 23.2. The molecular formula is C23H23F2NO. The minimum atomic E-state index is -0.598. The quantitative estimate of drug-likeness (QED) is 0.630. The standard InChI is InChI=1S/C23H23F2NO/c24-21-11-20(12-22(25)14-21)13-23(17-27)26(15-18-7-3-1-4-8-18)16-19-9-5-2-6-10-19/h1-12,14,23,27H,13,15-17H2/t23-/m0/s1. The van der Waals surface area contributed by atoms with Gasteiger partial charge in [-0.05, 0) is 35.2 Å². The molecule has 0 aliphatic heterocycles. The number of rotatable bonds is 8. The van der Waals surface area contributed by atoms with Gasteiger partial charge >= 0.3 is 0 Å². The van der Waals surface area contributed by atoms with Gasteiger partial charge in [-0.3, -0.25) is 4.90 Å². The van der Waals surface area contributed by atoms with Crippen molar-refractivity contribution in [1.29, 1.82) is 0 Å². The minimum absolute atomic E-state index is 0.0994. The molecule has 2 nitrogen and oxygen atoms in total. The second-order valence-electron chi connectivity index (χ2n) is 6.69. The largest absolute Gasteiger partial charge is 0.395 e. The van der Waals surface area contributed by atoms with Crippen LogP contribution in [-0.2, 0) is 19.5 Å². The Bertz CT molecular complexity index is 778. The van der Waals surface area contributed by atoms with E-state index in [4.69, 9.17) is 0 Å². The highest BCUT2D eigenvalue weighted by molar-refractivity contribution is 5.21. The molecule has 0 unspecified atom stereocenters. The normalized spacial score (nSPS) is 12.3. The van der Waals surface area contributed by atoms with Gasteiger partial charge in [0, 0.05) is 25.2 Å². The number of nitrogens with zero attached hydrogens (tertiary/aromatic N) is 1. The van der Waals surface area contributed by atoms with Gasteiger partial charge < -0.3 is 5.11 Å². The molecule has 0 aromatic heterocycles. The van der Waals surface area contributed by atoms with Gasteiger partial charge in [0.05, 0.1) is 6.61 Å². The third-order valence-corrected chi connectivity index (χ3v) is 4.58. The first-order valence-corrected chi connectivity index (χ1v) is 9.02. The molecule has 0 aliphatic rings. The Hall–Kier alpha value is -2.56. The highest BCUT2D eigenvalue weighted by Gasteiger charge is 2.20. The van der Waals surface area contributed by atoms with Crippen molar-refractivity contribution in [1.82, 2.24) is 4.90 Å². The van der Waals surface area contributed by atoms with Crippen LogP contribution in [0.5, 0.6) is 0 Å². The summed E-state index contributed by atoms with van der Waals surface area (Å²) in [6.07, 6.45) is 0.366. The molecule has 0 fully saturated rings. The summed E-state index contributed by atoms with van der Waals surface area (Å²) >= 11 is 0. The molecule has 0 bridgehead atoms. The van der Waals surface area contributed by atoms with E-state index in [1.165, 1.54) is 12.1 Å². The van der Waals surface area contributed by atoms with Crippen molar-refractivity contribution in [2.24, 2.45) is 0 Å². The van der Waals surface area contributed by atoms with Crippen molar-refractivity contribution in [3.8, 4) is 0 Å². The van der Waals surface area contributed by atoms with Crippen LogP contribution in [-0.4, -0.2) is 22.7 Å². The van der Waals surface area contributed by atoms with E-state index in [0.717, 1.165) is 17.2 Å². The highest BCUT2D eigenvalue weighted by Crippen LogP contribution is 2.18. The zero-order valence-electron chi connectivity index (χ0n) is 15.1. The highest BCUT2D eigenvalue weighted by atomic mass is 19.1. The summed E-state index contributed by atoms with van der Waals surface area (Å²) < 4.78 is 27.1. The zero-order chi connectivity index (χ0) is 19.1. The number of halogens is 2. The predicted octanol–water partition coefficient (Wildman–Crippen LogP) is 4.57. The Morgan fingerprint density at radius 2 is 1.19 bits per heavy atom. The summed E-state index contributed by atoms with van der Waals surface area (Å²) in [5, 5.41) is 10.0. The number of aliphatic hydroxyl groups excluding tert-OH is 1. The van der Waals surface area contributed by atoms with E-state index in [0.29, 0.717) is 25.1 Å². The van der Waals surface area contributed by atoms with Crippen LogP contribution >= 0.6 is 0 Å². The Kier molecular flexibility index (Phi) is 6.69. The molecule has 4 heteroatoms. The van der Waals surface area contributed by atoms with E-state index in [1.807, 2.05) is 60.7 Å². The molecule has 0 radical (unpaired) electrons. The predicted molar refractivity (Wildman–Crippen MR) is 103 cm³/mol. The number of hydrogen-bond acceptors (Lipinski definition) is 2. The van der Waals surface area contributed by atoms with E-state index in [2.05, 4.69) is 4.90 Å². The van der Waals surface area contributed by atoms with Crippen LogP contribution in [0.2, 0.25) is 0 Å². The van der Waals surface area contributed by atoms with Crippen molar-refractivity contribution < 1.29 is 13.9 Å². The van der Waals surface area contributed by atoms with Crippen LogP contribution in [0.3, 0.4) is 0 Å². The Labute approximate surface area is 158 Å². The van der Waals surface area contributed by atoms with Gasteiger partial charge in [0.25, 0.3) is 0 Å². The zero-order valence-corrected chi connectivity index (χ0v) is 15.1. The first-order chi connectivity index (χ1) is 13.1. The maximum atomic E-state index is 13.6. The number of aliphatic hydroxyl groups is 1. The van der Waals surface area contributed by atoms with Crippen LogP contribution in [0.25, 0.3) is 0 Å². The molecule has 140 valence electrons. The summed E-state index contributed by atoms with van der Waals surface area (Å²) in [4.78, 5) is 2.15. The fourth-order valence-corrected chi connectivity index (χ4v) is 3.26. The molecule has 0 saturated carbocycles. The topological polar surface area (TPSA) is 23.5 Å². The van der Waals surface area contributed by atoms with Gasteiger partial charge in [-0.1, -0.05) is 60.7 Å². The van der Waals surface area contributed by atoms with Crippen molar-refractivity contribution in [2.45, 2.75) is 25.6 Å². The molecule has 0 amide bonds. The molecule has 3 rings (SSSR count). The van der Waals surface area contributed by atoms with Crippen molar-refractivity contribution in [3.05, 3.63) is 107 Å². The summed E-state index contributed by atoms with van der Waals surface area (Å²) in [5.41, 5.74) is 2.78. The molecule has 27 heavy (non-hydrogen) atoms. The fourth-order valence-electron chi connectivity index (χ4n) is 3.26. The van der Waals surface area contributed by atoms with Gasteiger partial charge in [-0.25, -0.2) is 8.78 Å². The van der Waals surface area contributed by atoms with E-state index in [-0.39, 0.29) is 12.6 Å². The lowest BCUT2D eigenvalue weighted by atomic mass is 10.0. The Morgan fingerprint density at radius 1 is 0.704 bits per heavy atom. The Morgan fingerprint density at radius 3 is 1.63 bits per heavy atom. The smallest absolute Gasteiger partial charge is 0.126 e. The summed E-state index contributed by atoms with van der Waals surface area (Å²) in [7, 11) is 0. The summed E-state index contributed by atoms with van der Waals surface area (Å²) in [5.74, 6) is -1.20. The van der Waals surface area contributed by atoms with Crippen molar-refractivity contribution >= 4 is 0 Å². The van der Waals surface area contributed by atoms with Crippen LogP contribution in [0.15, 0.2) is 78.9 Å². The Balaban J connectivity index is 1.83. The SMILES string of the molecule is OC[C@H](Cc1cc(F)cc(F)c1)N(Cc1ccccc1)Cc1ccccc1. The molecule has 0 spiro atoms. The third-order valence-electron chi connectivity index (χ3n) is 4.58. The molecular weight excluding hydrogens is 344 g/mol. The molecule has 0 saturated heterocycles. The first-order valence-electron chi connectivity index (χ1n) is 9.02. The van der Waals surface area contributed by atoms with Crippen LogP contribution in [0.1, 0.15) is 16.7 Å². The van der Waals surface area contributed by atoms with Crippen LogP contribution in [0.4, 0.5) is 8.78 Å². The summed E-state index contributed by atoms with van der Waals surface area (Å²) in [6.45, 7) is 1.18. The lowest BCUT2D eigenvalue weighted by molar-refractivity contribution is 0.109. The third kappa shape index (κ3) is 5.71. The average molecular weight is 367 g/mol. The molecule has 0 heterocycles. The van der Waals surface area contributed by atoms with Crippen LogP contribution in [0, 0.1) is 11.6 Å². The molecule has 3 aromatic carbocycles. The van der Waals surface area contributed by atoms with Crippen LogP contribution < -0.4 is 0 Å². The average Bonchev–Trinajstić information content (AvgIpc) is 2.66. The fraction of sp³-hybridized carbons (Fsp3) is 0.217. The van der Waals surface area contributed by atoms with Gasteiger partial charge in [0.1, 0.15) is 11.6 Å². The van der Waals surface area contributed by atoms with Gasteiger partial charge in [0.2, 0.25) is 0 Å². The van der Waals surface area contributed by atoms with Gasteiger partial charge in [0.15, 0.2) is 0 Å². The van der Waals surface area contributed by atoms with E-state index >= 15 is 0 Å². The first kappa shape index (κ1) is 19.2. The van der Waals surface area contributed by atoms with Crippen molar-refractivity contribution in [2.75, 3.05) is 6.61 Å². The lowest BCUT2D eigenvalue weighted by Gasteiger charge is -2.31. The minimum Gasteiger partial charge on any atom is -0.395 e. The van der Waals surface area contributed by atoms with Crippen molar-refractivity contribution in [3.63, 3.8) is 0 Å². The van der Waals surface area contributed by atoms with E-state index < -0.39 is 11.6 Å². The second-order valence-corrected chi connectivity index (χ2v) is 6.69. The monoisotopic (exact) mass is 367 g/mol. The molecule has 1 atom stereocenters. The molecule has 3 aromatic rings. The van der Waals surface area contributed by atoms with Gasteiger partial charge in [-0.15, -0.1) is 0 Å². The molecule has 0 aliphatic carbocycles. The number of hydrogen-bond donors (Lipinski definition) is 1. The molecule has 1 N–H and O–H groups in total. The second kappa shape index (κ2) is 9.40. The van der Waals surface area contributed by atoms with Gasteiger partial charge in [-0.2, -0.15) is 0 Å².